The number of aryl methyl sites for hydroxylation is 1. The van der Waals surface area contributed by atoms with E-state index in [0.29, 0.717) is 11.3 Å². The standard InChI is InChI=1S/C27H27N3O5/c1-16-12-20(6-8-24(16)30(31)32)35-15-18-13-17(4-9-25(18)34-3)26-27-21(10-11-28-26)22-14-19(33-2)5-7-23(22)29-27/h4-9,12-14,26,28-29H,10-11,15H2,1-3H3/p+1/t26-/m1/s1. The van der Waals surface area contributed by atoms with Crippen LogP contribution in [0.2, 0.25) is 0 Å². The summed E-state index contributed by atoms with van der Waals surface area (Å²) in [4.78, 5) is 14.3. The van der Waals surface area contributed by atoms with Crippen molar-refractivity contribution in [3.8, 4) is 17.2 Å². The van der Waals surface area contributed by atoms with E-state index in [1.165, 1.54) is 22.7 Å². The first-order chi connectivity index (χ1) is 17.0. The minimum absolute atomic E-state index is 0.0801. The quantitative estimate of drug-likeness (QED) is 0.309. The van der Waals surface area contributed by atoms with Crippen molar-refractivity contribution in [1.29, 1.82) is 0 Å². The molecule has 1 aromatic heterocycles. The highest BCUT2D eigenvalue weighted by atomic mass is 16.6. The van der Waals surface area contributed by atoms with E-state index in [9.17, 15) is 10.1 Å². The van der Waals surface area contributed by atoms with E-state index >= 15 is 0 Å². The SMILES string of the molecule is COc1ccc2[nH]c3c(c2c1)CC[NH2+][C@@H]3c1ccc(OC)c(COc2ccc([N+](=O)[O-])c(C)c2)c1. The van der Waals surface area contributed by atoms with Crippen LogP contribution in [0.25, 0.3) is 10.9 Å². The molecule has 0 saturated heterocycles. The van der Waals surface area contributed by atoms with E-state index in [1.54, 1.807) is 33.3 Å². The molecular formula is C27H28N3O5+. The number of nitro groups is 1. The predicted molar refractivity (Wildman–Crippen MR) is 132 cm³/mol. The molecule has 35 heavy (non-hydrogen) atoms. The van der Waals surface area contributed by atoms with Crippen LogP contribution in [0.4, 0.5) is 5.69 Å². The number of nitrogens with zero attached hydrogens (tertiary/aromatic N) is 1. The van der Waals surface area contributed by atoms with Gasteiger partial charge in [-0.15, -0.1) is 0 Å². The molecule has 0 bridgehead atoms. The summed E-state index contributed by atoms with van der Waals surface area (Å²) in [6, 6.07) is 17.3. The van der Waals surface area contributed by atoms with Gasteiger partial charge in [0.1, 0.15) is 23.9 Å². The molecule has 8 heteroatoms. The van der Waals surface area contributed by atoms with Gasteiger partial charge in [0.25, 0.3) is 5.69 Å². The summed E-state index contributed by atoms with van der Waals surface area (Å²) in [7, 11) is 3.33. The summed E-state index contributed by atoms with van der Waals surface area (Å²) >= 11 is 0. The topological polar surface area (TPSA) is 103 Å². The number of fused-ring (bicyclic) bond motifs is 3. The van der Waals surface area contributed by atoms with Crippen molar-refractivity contribution in [2.45, 2.75) is 26.0 Å². The number of benzene rings is 3. The number of H-pyrrole nitrogens is 1. The lowest BCUT2D eigenvalue weighted by Crippen LogP contribution is -2.87. The second-order valence-corrected chi connectivity index (χ2v) is 8.75. The number of hydrogen-bond acceptors (Lipinski definition) is 5. The van der Waals surface area contributed by atoms with E-state index in [-0.39, 0.29) is 23.3 Å². The zero-order valence-corrected chi connectivity index (χ0v) is 20.0. The van der Waals surface area contributed by atoms with Gasteiger partial charge in [0.05, 0.1) is 31.4 Å². The van der Waals surface area contributed by atoms with E-state index in [4.69, 9.17) is 14.2 Å². The molecule has 1 atom stereocenters. The molecule has 0 spiro atoms. The van der Waals surface area contributed by atoms with Crippen molar-refractivity contribution in [2.75, 3.05) is 20.8 Å². The molecule has 0 unspecified atom stereocenters. The second-order valence-electron chi connectivity index (χ2n) is 8.75. The lowest BCUT2D eigenvalue weighted by molar-refractivity contribution is -0.690. The van der Waals surface area contributed by atoms with Crippen LogP contribution in [0, 0.1) is 17.0 Å². The number of nitro benzene ring substituents is 1. The third-order valence-electron chi connectivity index (χ3n) is 6.68. The van der Waals surface area contributed by atoms with Crippen molar-refractivity contribution in [1.82, 2.24) is 4.98 Å². The molecule has 1 aliphatic rings. The Balaban J connectivity index is 1.45. The number of rotatable bonds is 7. The average molecular weight is 475 g/mol. The van der Waals surface area contributed by atoms with Crippen LogP contribution in [-0.2, 0) is 13.0 Å². The Morgan fingerprint density at radius 3 is 2.63 bits per heavy atom. The minimum atomic E-state index is -0.388. The van der Waals surface area contributed by atoms with Crippen LogP contribution < -0.4 is 19.5 Å². The number of ether oxygens (including phenoxy) is 3. The Morgan fingerprint density at radius 2 is 1.89 bits per heavy atom. The molecule has 0 aliphatic carbocycles. The first kappa shape index (κ1) is 22.7. The lowest BCUT2D eigenvalue weighted by Gasteiger charge is -2.22. The number of methoxy groups -OCH3 is 2. The van der Waals surface area contributed by atoms with E-state index in [2.05, 4.69) is 34.6 Å². The predicted octanol–water partition coefficient (Wildman–Crippen LogP) is 4.19. The van der Waals surface area contributed by atoms with Gasteiger partial charge in [0.2, 0.25) is 0 Å². The lowest BCUT2D eigenvalue weighted by atomic mass is 9.93. The summed E-state index contributed by atoms with van der Waals surface area (Å²) in [6.07, 6.45) is 0.991. The van der Waals surface area contributed by atoms with Gasteiger partial charge >= 0.3 is 0 Å². The molecule has 1 aliphatic heterocycles. The van der Waals surface area contributed by atoms with Crippen LogP contribution in [0.3, 0.4) is 0 Å². The van der Waals surface area contributed by atoms with Gasteiger partial charge in [-0.1, -0.05) is 0 Å². The highest BCUT2D eigenvalue weighted by Crippen LogP contribution is 2.34. The summed E-state index contributed by atoms with van der Waals surface area (Å²) in [5.74, 6) is 2.18. The fourth-order valence-electron chi connectivity index (χ4n) is 4.91. The van der Waals surface area contributed by atoms with Crippen molar-refractivity contribution < 1.29 is 24.5 Å². The monoisotopic (exact) mass is 474 g/mol. The molecule has 4 aromatic rings. The van der Waals surface area contributed by atoms with Gasteiger partial charge in [0.15, 0.2) is 6.04 Å². The Morgan fingerprint density at radius 1 is 1.06 bits per heavy atom. The smallest absolute Gasteiger partial charge is 0.272 e. The third-order valence-corrected chi connectivity index (χ3v) is 6.68. The molecule has 3 N–H and O–H groups in total. The molecule has 3 aromatic carbocycles. The third kappa shape index (κ3) is 4.28. The zero-order chi connectivity index (χ0) is 24.5. The summed E-state index contributed by atoms with van der Waals surface area (Å²) in [5, 5.41) is 14.7. The number of aromatic amines is 1. The normalized spacial score (nSPS) is 15.0. The number of nitrogens with one attached hydrogen (secondary N) is 1. The molecule has 2 heterocycles. The number of quaternary nitrogens is 1. The van der Waals surface area contributed by atoms with E-state index < -0.39 is 0 Å². The largest absolute Gasteiger partial charge is 0.497 e. The average Bonchev–Trinajstić information content (AvgIpc) is 3.25. The highest BCUT2D eigenvalue weighted by molar-refractivity contribution is 5.86. The Hall–Kier alpha value is -4.04. The van der Waals surface area contributed by atoms with Crippen LogP contribution >= 0.6 is 0 Å². The molecule has 5 rings (SSSR count). The van der Waals surface area contributed by atoms with Gasteiger partial charge < -0.3 is 24.5 Å². The van der Waals surface area contributed by atoms with Crippen LogP contribution in [0.5, 0.6) is 17.2 Å². The van der Waals surface area contributed by atoms with Crippen LogP contribution in [0.15, 0.2) is 54.6 Å². The van der Waals surface area contributed by atoms with Gasteiger partial charge in [-0.3, -0.25) is 10.1 Å². The summed E-state index contributed by atoms with van der Waals surface area (Å²) in [6.45, 7) is 2.98. The molecular weight excluding hydrogens is 446 g/mol. The maximum absolute atomic E-state index is 11.1. The molecule has 0 fully saturated rings. The molecule has 0 amide bonds. The Kier molecular flexibility index (Phi) is 6.05. The maximum Gasteiger partial charge on any atom is 0.272 e. The number of aromatic nitrogens is 1. The molecule has 8 nitrogen and oxygen atoms in total. The maximum atomic E-state index is 11.1. The first-order valence-electron chi connectivity index (χ1n) is 11.5. The zero-order valence-electron chi connectivity index (χ0n) is 20.0. The van der Waals surface area contributed by atoms with E-state index in [0.717, 1.165) is 41.1 Å². The fraction of sp³-hybridized carbons (Fsp3) is 0.259. The minimum Gasteiger partial charge on any atom is -0.497 e. The van der Waals surface area contributed by atoms with Crippen LogP contribution in [0.1, 0.15) is 34.0 Å². The van der Waals surface area contributed by atoms with Gasteiger partial charge in [-0.2, -0.15) is 0 Å². The van der Waals surface area contributed by atoms with Crippen molar-refractivity contribution in [3.05, 3.63) is 92.7 Å². The fourth-order valence-corrected chi connectivity index (χ4v) is 4.91. The van der Waals surface area contributed by atoms with Gasteiger partial charge in [-0.25, -0.2) is 0 Å². The highest BCUT2D eigenvalue weighted by Gasteiger charge is 2.29. The van der Waals surface area contributed by atoms with Gasteiger partial charge in [-0.05, 0) is 61.0 Å². The number of hydrogen-bond donors (Lipinski definition) is 2. The van der Waals surface area contributed by atoms with Crippen molar-refractivity contribution in [2.24, 2.45) is 0 Å². The van der Waals surface area contributed by atoms with Crippen LogP contribution in [-0.4, -0.2) is 30.7 Å². The van der Waals surface area contributed by atoms with Crippen molar-refractivity contribution in [3.63, 3.8) is 0 Å². The molecule has 0 radical (unpaired) electrons. The molecule has 0 saturated carbocycles. The summed E-state index contributed by atoms with van der Waals surface area (Å²) < 4.78 is 17.0. The summed E-state index contributed by atoms with van der Waals surface area (Å²) in [5.41, 5.74) is 6.37. The Labute approximate surface area is 203 Å². The second kappa shape index (κ2) is 9.31. The van der Waals surface area contributed by atoms with E-state index in [1.807, 2.05) is 12.1 Å². The van der Waals surface area contributed by atoms with Gasteiger partial charge in [0, 0.05) is 40.1 Å². The Bertz CT molecular complexity index is 1410. The van der Waals surface area contributed by atoms with Crippen molar-refractivity contribution >= 4 is 16.6 Å². The number of nitrogens with two attached hydrogens (primary N) is 1. The first-order valence-corrected chi connectivity index (χ1v) is 11.5. The molecule has 180 valence electrons.